The van der Waals surface area contributed by atoms with Gasteiger partial charge in [0.2, 0.25) is 5.95 Å². The number of alkyl carbamates (subject to hydrolysis) is 1. The number of benzene rings is 1. The Balaban J connectivity index is 1.53. The third-order valence-corrected chi connectivity index (χ3v) is 5.85. The Kier molecular flexibility index (Phi) is 7.54. The van der Waals surface area contributed by atoms with Gasteiger partial charge in [-0.25, -0.2) is 14.2 Å². The lowest BCUT2D eigenvalue weighted by molar-refractivity contribution is 0.128. The van der Waals surface area contributed by atoms with Crippen LogP contribution in [0.5, 0.6) is 0 Å². The summed E-state index contributed by atoms with van der Waals surface area (Å²) >= 11 is 0. The van der Waals surface area contributed by atoms with E-state index in [1.807, 2.05) is 39.8 Å². The summed E-state index contributed by atoms with van der Waals surface area (Å²) in [6.07, 6.45) is 1.44. The highest BCUT2D eigenvalue weighted by Crippen LogP contribution is 2.27. The molecule has 1 aromatic carbocycles. The highest BCUT2D eigenvalue weighted by atomic mass is 19.1. The predicted octanol–water partition coefficient (Wildman–Crippen LogP) is 2.73. The zero-order chi connectivity index (χ0) is 23.9. The summed E-state index contributed by atoms with van der Waals surface area (Å²) in [6, 6.07) is 12.7. The van der Waals surface area contributed by atoms with Crippen molar-refractivity contribution in [1.82, 2.24) is 19.9 Å². The lowest BCUT2D eigenvalue weighted by atomic mass is 10.0. The number of nitriles is 1. The molecule has 34 heavy (non-hydrogen) atoms. The second-order valence-electron chi connectivity index (χ2n) is 8.27. The van der Waals surface area contributed by atoms with E-state index in [0.29, 0.717) is 37.6 Å². The number of rotatable bonds is 8. The number of para-hydroxylation sites is 2. The predicted molar refractivity (Wildman–Crippen MR) is 126 cm³/mol. The normalized spacial score (nSPS) is 18.0. The van der Waals surface area contributed by atoms with Crippen LogP contribution in [0.4, 0.5) is 15.1 Å². The molecular formula is C24H28FN7O2. The number of nitrogens with one attached hydrogen (secondary N) is 1. The van der Waals surface area contributed by atoms with Crippen molar-refractivity contribution in [2.45, 2.75) is 38.0 Å². The van der Waals surface area contributed by atoms with E-state index in [1.165, 1.54) is 0 Å². The molecule has 10 heteroatoms. The number of amides is 1. The quantitative estimate of drug-likeness (QED) is 0.491. The number of imidazole rings is 1. The Morgan fingerprint density at radius 3 is 2.91 bits per heavy atom. The molecule has 4 rings (SSSR count). The molecule has 0 bridgehead atoms. The van der Waals surface area contributed by atoms with Crippen molar-refractivity contribution < 1.29 is 13.9 Å². The number of nitrogens with zero attached hydrogens (tertiary/aromatic N) is 5. The number of piperidine rings is 1. The molecule has 3 heterocycles. The van der Waals surface area contributed by atoms with Gasteiger partial charge in [0.25, 0.3) is 0 Å². The summed E-state index contributed by atoms with van der Waals surface area (Å²) < 4.78 is 21.9. The number of nitrogens with two attached hydrogens (primary N) is 1. The summed E-state index contributed by atoms with van der Waals surface area (Å²) in [6.45, 7) is 1.97. The number of carbonyl (C=O) groups excluding carboxylic acids is 1. The third-order valence-electron chi connectivity index (χ3n) is 5.85. The third kappa shape index (κ3) is 5.43. The number of pyridine rings is 1. The Morgan fingerprint density at radius 1 is 1.29 bits per heavy atom. The smallest absolute Gasteiger partial charge is 0.407 e. The Bertz CT molecular complexity index is 1160. The fourth-order valence-electron chi connectivity index (χ4n) is 4.05. The van der Waals surface area contributed by atoms with Crippen molar-refractivity contribution in [3.05, 3.63) is 53.9 Å². The Labute approximate surface area is 197 Å². The van der Waals surface area contributed by atoms with E-state index in [9.17, 15) is 9.18 Å². The maximum atomic E-state index is 14.7. The van der Waals surface area contributed by atoms with E-state index >= 15 is 0 Å². The van der Waals surface area contributed by atoms with E-state index in [0.717, 1.165) is 23.1 Å². The molecule has 0 radical (unpaired) electrons. The van der Waals surface area contributed by atoms with Crippen LogP contribution in [0.3, 0.4) is 0 Å². The first-order valence-electron chi connectivity index (χ1n) is 11.4. The van der Waals surface area contributed by atoms with Crippen LogP contribution in [0, 0.1) is 11.3 Å². The number of unbranched alkanes of at least 4 members (excludes halogenated alkanes) is 1. The van der Waals surface area contributed by atoms with Gasteiger partial charge in [0.15, 0.2) is 0 Å². The van der Waals surface area contributed by atoms with Crippen molar-refractivity contribution in [3.8, 4) is 6.07 Å². The van der Waals surface area contributed by atoms with Gasteiger partial charge in [-0.05, 0) is 50.1 Å². The SMILES string of the molecule is N#Cc1ccc(Cn2c(N3CC[C@@H](F)[C@H](NC(=O)OCCCCN)C3)nc3ccccc32)nc1. The number of aromatic nitrogens is 3. The van der Waals surface area contributed by atoms with Crippen LogP contribution in [0.15, 0.2) is 42.6 Å². The second kappa shape index (κ2) is 10.9. The maximum Gasteiger partial charge on any atom is 0.407 e. The molecule has 3 N–H and O–H groups in total. The van der Waals surface area contributed by atoms with Crippen LogP contribution in [-0.2, 0) is 11.3 Å². The standard InChI is InChI=1S/C24H28FN7O2/c25-19-9-11-31(16-21(19)30-24(33)34-12-4-3-10-26)23-29-20-5-1-2-6-22(20)32(23)15-18-8-7-17(13-27)14-28-18/h1-2,5-8,14,19,21H,3-4,9-12,15-16,26H2,(H,30,33)/t19-,21-/m1/s1. The number of alkyl halides is 1. The van der Waals surface area contributed by atoms with Crippen LogP contribution >= 0.6 is 0 Å². The number of hydrogen-bond donors (Lipinski definition) is 2. The molecule has 1 aliphatic rings. The molecule has 2 aromatic heterocycles. The molecule has 9 nitrogen and oxygen atoms in total. The van der Waals surface area contributed by atoms with Crippen molar-refractivity contribution >= 4 is 23.1 Å². The van der Waals surface area contributed by atoms with E-state index in [4.69, 9.17) is 20.7 Å². The molecule has 178 valence electrons. The fraction of sp³-hybridized carbons (Fsp3) is 0.417. The van der Waals surface area contributed by atoms with Crippen LogP contribution in [0.2, 0.25) is 0 Å². The van der Waals surface area contributed by atoms with Gasteiger partial charge in [0, 0.05) is 19.3 Å². The van der Waals surface area contributed by atoms with Crippen LogP contribution in [0.25, 0.3) is 11.0 Å². The summed E-state index contributed by atoms with van der Waals surface area (Å²) in [4.78, 5) is 23.3. The zero-order valence-corrected chi connectivity index (χ0v) is 18.9. The second-order valence-corrected chi connectivity index (χ2v) is 8.27. The molecular weight excluding hydrogens is 437 g/mol. The maximum absolute atomic E-state index is 14.7. The van der Waals surface area contributed by atoms with Crippen molar-refractivity contribution in [2.75, 3.05) is 31.1 Å². The molecule has 0 unspecified atom stereocenters. The highest BCUT2D eigenvalue weighted by Gasteiger charge is 2.33. The molecule has 1 amide bonds. The number of carbonyl (C=O) groups is 1. The first-order valence-corrected chi connectivity index (χ1v) is 11.4. The van der Waals surface area contributed by atoms with E-state index < -0.39 is 18.3 Å². The number of fused-ring (bicyclic) bond motifs is 1. The number of ether oxygens (including phenoxy) is 1. The van der Waals surface area contributed by atoms with E-state index in [2.05, 4.69) is 16.4 Å². The molecule has 1 aliphatic heterocycles. The van der Waals surface area contributed by atoms with Gasteiger partial charge in [-0.1, -0.05) is 12.1 Å². The van der Waals surface area contributed by atoms with Gasteiger partial charge in [-0.2, -0.15) is 5.26 Å². The van der Waals surface area contributed by atoms with E-state index in [-0.39, 0.29) is 19.6 Å². The monoisotopic (exact) mass is 465 g/mol. The van der Waals surface area contributed by atoms with Gasteiger partial charge in [-0.3, -0.25) is 4.98 Å². The molecule has 1 fully saturated rings. The fourth-order valence-corrected chi connectivity index (χ4v) is 4.05. The zero-order valence-electron chi connectivity index (χ0n) is 18.9. The molecule has 0 saturated carbocycles. The van der Waals surface area contributed by atoms with Gasteiger partial charge in [-0.15, -0.1) is 0 Å². The average Bonchev–Trinajstić information content (AvgIpc) is 3.22. The summed E-state index contributed by atoms with van der Waals surface area (Å²) in [5, 5.41) is 11.7. The van der Waals surface area contributed by atoms with Crippen LogP contribution in [-0.4, -0.2) is 59.1 Å². The average molecular weight is 466 g/mol. The number of halogens is 1. The number of anilines is 1. The topological polar surface area (TPSA) is 122 Å². The van der Waals surface area contributed by atoms with Gasteiger partial charge in [0.1, 0.15) is 12.2 Å². The highest BCUT2D eigenvalue weighted by molar-refractivity contribution is 5.79. The minimum atomic E-state index is -1.18. The van der Waals surface area contributed by atoms with E-state index in [1.54, 1.807) is 12.3 Å². The van der Waals surface area contributed by atoms with Gasteiger partial charge in [0.05, 0.1) is 41.5 Å². The summed E-state index contributed by atoms with van der Waals surface area (Å²) in [5.74, 6) is 0.683. The molecule has 1 saturated heterocycles. The minimum Gasteiger partial charge on any atom is -0.450 e. The van der Waals surface area contributed by atoms with Crippen LogP contribution < -0.4 is 16.0 Å². The van der Waals surface area contributed by atoms with Crippen molar-refractivity contribution in [1.29, 1.82) is 5.26 Å². The molecule has 3 aromatic rings. The first kappa shape index (κ1) is 23.4. The van der Waals surface area contributed by atoms with Crippen molar-refractivity contribution in [3.63, 3.8) is 0 Å². The lowest BCUT2D eigenvalue weighted by Gasteiger charge is -2.36. The Morgan fingerprint density at radius 2 is 2.15 bits per heavy atom. The van der Waals surface area contributed by atoms with Gasteiger partial charge >= 0.3 is 6.09 Å². The largest absolute Gasteiger partial charge is 0.450 e. The summed E-state index contributed by atoms with van der Waals surface area (Å²) in [5.41, 5.74) is 8.46. The van der Waals surface area contributed by atoms with Crippen LogP contribution in [0.1, 0.15) is 30.5 Å². The minimum absolute atomic E-state index is 0.254. The molecule has 2 atom stereocenters. The number of hydrogen-bond acceptors (Lipinski definition) is 7. The summed E-state index contributed by atoms with van der Waals surface area (Å²) in [7, 11) is 0. The lowest BCUT2D eigenvalue weighted by Crippen LogP contribution is -2.54. The molecule has 0 aliphatic carbocycles. The first-order chi connectivity index (χ1) is 16.6. The van der Waals surface area contributed by atoms with Gasteiger partial charge < -0.3 is 25.3 Å². The Hall–Kier alpha value is -3.71. The molecule has 0 spiro atoms. The van der Waals surface area contributed by atoms with Crippen molar-refractivity contribution in [2.24, 2.45) is 5.73 Å².